The van der Waals surface area contributed by atoms with Crippen molar-refractivity contribution in [2.24, 2.45) is 5.92 Å². The average Bonchev–Trinajstić information content (AvgIpc) is 2.69. The highest BCUT2D eigenvalue weighted by Crippen LogP contribution is 2.47. The monoisotopic (exact) mass is 261 g/mol. The number of halogens is 3. The topological polar surface area (TPSA) is 54.7 Å². The third-order valence-corrected chi connectivity index (χ3v) is 3.84. The first-order valence-electron chi connectivity index (χ1n) is 6.34. The minimum Gasteiger partial charge on any atom is -0.382 e. The summed E-state index contributed by atoms with van der Waals surface area (Å²) in [7, 11) is 0. The summed E-state index contributed by atoms with van der Waals surface area (Å²) in [6.45, 7) is 1.89. The normalized spacial score (nSPS) is 25.3. The van der Waals surface area contributed by atoms with Crippen molar-refractivity contribution in [3.8, 4) is 0 Å². The number of nitrogens with two attached hydrogens (primary N) is 1. The Balaban J connectivity index is 2.34. The van der Waals surface area contributed by atoms with Crippen molar-refractivity contribution in [2.45, 2.75) is 51.1 Å². The highest BCUT2D eigenvalue weighted by Gasteiger charge is 2.47. The first-order valence-corrected chi connectivity index (χ1v) is 6.34. The maximum absolute atomic E-state index is 13.1. The fraction of sp³-hybridized carbons (Fsp3) is 0.750. The Bertz CT molecular complexity index is 411. The van der Waals surface area contributed by atoms with Crippen molar-refractivity contribution in [3.05, 3.63) is 11.3 Å². The van der Waals surface area contributed by atoms with Gasteiger partial charge in [0.15, 0.2) is 0 Å². The summed E-state index contributed by atoms with van der Waals surface area (Å²) < 4.78 is 39.2. The maximum Gasteiger partial charge on any atom is 0.392 e. The van der Waals surface area contributed by atoms with E-state index >= 15 is 0 Å². The van der Waals surface area contributed by atoms with Crippen molar-refractivity contribution in [3.63, 3.8) is 0 Å². The Hall–Kier alpha value is -1.20. The summed E-state index contributed by atoms with van der Waals surface area (Å²) in [4.78, 5) is 0. The molecule has 1 heterocycles. The summed E-state index contributed by atoms with van der Waals surface area (Å²) in [6, 6.07) is 0. The molecular formula is C12H18F3N3. The molecule has 0 radical (unpaired) electrons. The first kappa shape index (κ1) is 13.2. The second kappa shape index (κ2) is 4.82. The summed E-state index contributed by atoms with van der Waals surface area (Å²) in [6.07, 6.45) is -1.30. The molecule has 0 saturated heterocycles. The molecule has 1 fully saturated rings. The zero-order valence-electron chi connectivity index (χ0n) is 10.3. The van der Waals surface area contributed by atoms with Crippen molar-refractivity contribution in [1.29, 1.82) is 0 Å². The van der Waals surface area contributed by atoms with Crippen LogP contribution < -0.4 is 5.73 Å². The van der Waals surface area contributed by atoms with Gasteiger partial charge in [0, 0.05) is 17.2 Å². The smallest absolute Gasteiger partial charge is 0.382 e. The van der Waals surface area contributed by atoms with Gasteiger partial charge in [0.1, 0.15) is 5.82 Å². The number of hydrogen-bond acceptors (Lipinski definition) is 2. The lowest BCUT2D eigenvalue weighted by Crippen LogP contribution is -2.32. The van der Waals surface area contributed by atoms with E-state index < -0.39 is 18.0 Å². The van der Waals surface area contributed by atoms with Gasteiger partial charge in [-0.25, -0.2) is 0 Å². The standard InChI is InChI=1S/C12H18F3N3/c1-2-7-10(17-18-11(7)16)8-5-3-4-6-9(8)12(13,14)15/h8-9H,2-6H2,1H3,(H3,16,17,18). The number of nitrogens with zero attached hydrogens (tertiary/aromatic N) is 1. The van der Waals surface area contributed by atoms with Gasteiger partial charge in [-0.1, -0.05) is 19.8 Å². The highest BCUT2D eigenvalue weighted by atomic mass is 19.4. The van der Waals surface area contributed by atoms with E-state index in [0.717, 1.165) is 12.0 Å². The quantitative estimate of drug-likeness (QED) is 0.857. The number of nitrogens with one attached hydrogen (secondary N) is 1. The zero-order valence-corrected chi connectivity index (χ0v) is 10.3. The van der Waals surface area contributed by atoms with Gasteiger partial charge in [-0.2, -0.15) is 18.3 Å². The second-order valence-electron chi connectivity index (χ2n) is 4.89. The van der Waals surface area contributed by atoms with Crippen molar-refractivity contribution >= 4 is 5.82 Å². The van der Waals surface area contributed by atoms with E-state index in [1.807, 2.05) is 6.92 Å². The molecule has 0 aliphatic heterocycles. The van der Waals surface area contributed by atoms with Crippen LogP contribution in [-0.2, 0) is 6.42 Å². The van der Waals surface area contributed by atoms with Crippen LogP contribution in [0, 0.1) is 5.92 Å². The number of nitrogen functional groups attached to an aromatic ring is 1. The first-order chi connectivity index (χ1) is 8.45. The van der Waals surface area contributed by atoms with Crippen LogP contribution in [0.4, 0.5) is 19.0 Å². The van der Waals surface area contributed by atoms with Crippen LogP contribution in [0.3, 0.4) is 0 Å². The summed E-state index contributed by atoms with van der Waals surface area (Å²) in [5.74, 6) is -1.45. The third kappa shape index (κ3) is 2.33. The number of H-pyrrole nitrogens is 1. The van der Waals surface area contributed by atoms with E-state index in [2.05, 4.69) is 10.2 Å². The van der Waals surface area contributed by atoms with Gasteiger partial charge in [-0.15, -0.1) is 0 Å². The zero-order chi connectivity index (χ0) is 13.3. The van der Waals surface area contributed by atoms with Gasteiger partial charge in [-0.3, -0.25) is 5.10 Å². The number of aromatic amines is 1. The molecule has 3 nitrogen and oxygen atoms in total. The van der Waals surface area contributed by atoms with Gasteiger partial charge >= 0.3 is 6.18 Å². The fourth-order valence-corrected chi connectivity index (χ4v) is 2.94. The molecule has 102 valence electrons. The van der Waals surface area contributed by atoms with E-state index in [1.165, 1.54) is 0 Å². The molecule has 1 saturated carbocycles. The van der Waals surface area contributed by atoms with Crippen LogP contribution in [-0.4, -0.2) is 16.4 Å². The lowest BCUT2D eigenvalue weighted by molar-refractivity contribution is -0.187. The van der Waals surface area contributed by atoms with Crippen LogP contribution >= 0.6 is 0 Å². The Morgan fingerprint density at radius 3 is 2.61 bits per heavy atom. The Kier molecular flexibility index (Phi) is 3.54. The van der Waals surface area contributed by atoms with E-state index in [9.17, 15) is 13.2 Å². The molecule has 1 aliphatic carbocycles. The van der Waals surface area contributed by atoms with E-state index in [1.54, 1.807) is 0 Å². The van der Waals surface area contributed by atoms with Gasteiger partial charge < -0.3 is 5.73 Å². The van der Waals surface area contributed by atoms with Crippen molar-refractivity contribution in [2.75, 3.05) is 5.73 Å². The van der Waals surface area contributed by atoms with Crippen molar-refractivity contribution in [1.82, 2.24) is 10.2 Å². The largest absolute Gasteiger partial charge is 0.392 e. The number of anilines is 1. The van der Waals surface area contributed by atoms with Gasteiger partial charge in [0.25, 0.3) is 0 Å². The van der Waals surface area contributed by atoms with Gasteiger partial charge in [-0.05, 0) is 19.3 Å². The molecule has 0 bridgehead atoms. The molecule has 1 aromatic rings. The summed E-state index contributed by atoms with van der Waals surface area (Å²) in [5, 5.41) is 6.59. The Morgan fingerprint density at radius 1 is 1.33 bits per heavy atom. The summed E-state index contributed by atoms with van der Waals surface area (Å²) >= 11 is 0. The molecule has 0 amide bonds. The number of alkyl halides is 3. The number of rotatable bonds is 2. The molecule has 18 heavy (non-hydrogen) atoms. The lowest BCUT2D eigenvalue weighted by atomic mass is 9.76. The highest BCUT2D eigenvalue weighted by molar-refractivity contribution is 5.43. The van der Waals surface area contributed by atoms with Crippen LogP contribution in [0.15, 0.2) is 0 Å². The lowest BCUT2D eigenvalue weighted by Gasteiger charge is -2.32. The fourth-order valence-electron chi connectivity index (χ4n) is 2.94. The van der Waals surface area contributed by atoms with E-state index in [-0.39, 0.29) is 6.42 Å². The minimum absolute atomic E-state index is 0.205. The van der Waals surface area contributed by atoms with E-state index in [4.69, 9.17) is 5.73 Å². The SMILES string of the molecule is CCc1c(N)n[nH]c1C1CCCCC1C(F)(F)F. The molecule has 6 heteroatoms. The minimum atomic E-state index is -4.14. The molecular weight excluding hydrogens is 243 g/mol. The maximum atomic E-state index is 13.1. The predicted octanol–water partition coefficient (Wildman–Crippen LogP) is 3.39. The molecule has 2 atom stereocenters. The van der Waals surface area contributed by atoms with E-state index in [0.29, 0.717) is 30.8 Å². The predicted molar refractivity (Wildman–Crippen MR) is 63.1 cm³/mol. The third-order valence-electron chi connectivity index (χ3n) is 3.84. The Morgan fingerprint density at radius 2 is 2.00 bits per heavy atom. The average molecular weight is 261 g/mol. The molecule has 0 aromatic carbocycles. The molecule has 2 unspecified atom stereocenters. The molecule has 1 aromatic heterocycles. The second-order valence-corrected chi connectivity index (χ2v) is 4.89. The molecule has 0 spiro atoms. The number of aromatic nitrogens is 2. The van der Waals surface area contributed by atoms with Crippen LogP contribution in [0.1, 0.15) is 49.8 Å². The summed E-state index contributed by atoms with van der Waals surface area (Å²) in [5.41, 5.74) is 7.03. The van der Waals surface area contributed by atoms with Gasteiger partial charge in [0.05, 0.1) is 5.92 Å². The molecule has 3 N–H and O–H groups in total. The van der Waals surface area contributed by atoms with Crippen LogP contribution in [0.25, 0.3) is 0 Å². The van der Waals surface area contributed by atoms with Gasteiger partial charge in [0.2, 0.25) is 0 Å². The number of hydrogen-bond donors (Lipinski definition) is 2. The molecule has 1 aliphatic rings. The van der Waals surface area contributed by atoms with Crippen molar-refractivity contribution < 1.29 is 13.2 Å². The van der Waals surface area contributed by atoms with Crippen LogP contribution in [0.5, 0.6) is 0 Å². The Labute approximate surface area is 104 Å². The van der Waals surface area contributed by atoms with Crippen LogP contribution in [0.2, 0.25) is 0 Å². The molecule has 2 rings (SSSR count).